The molecule has 3 atom stereocenters. The molecule has 1 heterocycles. The highest BCUT2D eigenvalue weighted by Crippen LogP contribution is 2.19. The van der Waals surface area contributed by atoms with Gasteiger partial charge in [0.05, 0.1) is 6.04 Å². The van der Waals surface area contributed by atoms with Gasteiger partial charge in [0.1, 0.15) is 0 Å². The molecule has 0 aromatic heterocycles. The molecule has 118 valence electrons. The number of nitrogens with one attached hydrogen (secondary N) is 2. The Hall–Kier alpha value is -0.610. The van der Waals surface area contributed by atoms with Gasteiger partial charge in [-0.2, -0.15) is 0 Å². The molecule has 4 nitrogen and oxygen atoms in total. The summed E-state index contributed by atoms with van der Waals surface area (Å²) in [6, 6.07) is 0.431. The molecular formula is C16H33N3O. The third kappa shape index (κ3) is 5.80. The maximum Gasteiger partial charge on any atom is 0.237 e. The molecule has 2 N–H and O–H groups in total. The molecule has 1 saturated heterocycles. The Kier molecular flexibility index (Phi) is 7.52. The van der Waals surface area contributed by atoms with Crippen LogP contribution in [0.25, 0.3) is 0 Å². The standard InChI is InChI=1S/C16H33N3O/c1-6-13-7-8-17-15(10-13)16(20)18-11-14(19(4)5)9-12(2)3/h12-15,17H,6-11H2,1-5H3,(H,18,20). The summed E-state index contributed by atoms with van der Waals surface area (Å²) >= 11 is 0. The molecule has 0 aromatic carbocycles. The van der Waals surface area contributed by atoms with Crippen molar-refractivity contribution in [3.8, 4) is 0 Å². The van der Waals surface area contributed by atoms with Gasteiger partial charge >= 0.3 is 0 Å². The first-order chi connectivity index (χ1) is 9.43. The average molecular weight is 283 g/mol. The molecule has 0 saturated carbocycles. The van der Waals surface area contributed by atoms with Gasteiger partial charge in [0, 0.05) is 12.6 Å². The number of carbonyl (C=O) groups is 1. The summed E-state index contributed by atoms with van der Waals surface area (Å²) in [5.74, 6) is 1.53. The van der Waals surface area contributed by atoms with Crippen molar-refractivity contribution < 1.29 is 4.79 Å². The lowest BCUT2D eigenvalue weighted by molar-refractivity contribution is -0.124. The van der Waals surface area contributed by atoms with Gasteiger partial charge in [0.2, 0.25) is 5.91 Å². The van der Waals surface area contributed by atoms with Crippen LogP contribution in [0.3, 0.4) is 0 Å². The summed E-state index contributed by atoms with van der Waals surface area (Å²) in [6.07, 6.45) is 4.48. The normalized spacial score (nSPS) is 24.9. The molecule has 20 heavy (non-hydrogen) atoms. The molecule has 0 spiro atoms. The van der Waals surface area contributed by atoms with Crippen LogP contribution in [-0.4, -0.2) is 50.1 Å². The second kappa shape index (κ2) is 8.63. The zero-order valence-electron chi connectivity index (χ0n) is 13.9. The van der Waals surface area contributed by atoms with Crippen LogP contribution in [0.15, 0.2) is 0 Å². The van der Waals surface area contributed by atoms with E-state index in [1.165, 1.54) is 12.8 Å². The van der Waals surface area contributed by atoms with Crippen LogP contribution in [0.5, 0.6) is 0 Å². The van der Waals surface area contributed by atoms with E-state index in [4.69, 9.17) is 0 Å². The lowest BCUT2D eigenvalue weighted by Crippen LogP contribution is -2.51. The van der Waals surface area contributed by atoms with Crippen LogP contribution in [0.4, 0.5) is 0 Å². The Morgan fingerprint density at radius 2 is 2.10 bits per heavy atom. The molecule has 4 heteroatoms. The zero-order chi connectivity index (χ0) is 15.1. The first-order valence-electron chi connectivity index (χ1n) is 8.11. The van der Waals surface area contributed by atoms with Gasteiger partial charge in [0.15, 0.2) is 0 Å². The second-order valence-electron chi connectivity index (χ2n) is 6.80. The topological polar surface area (TPSA) is 44.4 Å². The molecule has 0 bridgehead atoms. The fourth-order valence-electron chi connectivity index (χ4n) is 2.93. The SMILES string of the molecule is CCC1CCNC(C(=O)NCC(CC(C)C)N(C)C)C1. The Labute approximate surface area is 124 Å². The molecule has 1 aliphatic rings. The Bertz CT molecular complexity index is 291. The summed E-state index contributed by atoms with van der Waals surface area (Å²) in [6.45, 7) is 8.40. The summed E-state index contributed by atoms with van der Waals surface area (Å²) in [4.78, 5) is 14.5. The summed E-state index contributed by atoms with van der Waals surface area (Å²) in [5.41, 5.74) is 0. The Morgan fingerprint density at radius 1 is 1.40 bits per heavy atom. The molecule has 1 fully saturated rings. The Morgan fingerprint density at radius 3 is 2.65 bits per heavy atom. The lowest BCUT2D eigenvalue weighted by atomic mass is 9.90. The van der Waals surface area contributed by atoms with Crippen LogP contribution in [0.1, 0.15) is 46.5 Å². The maximum absolute atomic E-state index is 12.3. The largest absolute Gasteiger partial charge is 0.353 e. The zero-order valence-corrected chi connectivity index (χ0v) is 13.9. The van der Waals surface area contributed by atoms with Crippen molar-refractivity contribution in [3.63, 3.8) is 0 Å². The first kappa shape index (κ1) is 17.4. The van der Waals surface area contributed by atoms with E-state index in [2.05, 4.69) is 50.4 Å². The van der Waals surface area contributed by atoms with Gasteiger partial charge in [-0.25, -0.2) is 0 Å². The maximum atomic E-state index is 12.3. The van der Waals surface area contributed by atoms with Gasteiger partial charge in [-0.1, -0.05) is 27.2 Å². The van der Waals surface area contributed by atoms with Crippen LogP contribution in [-0.2, 0) is 4.79 Å². The number of likely N-dealkylation sites (N-methyl/N-ethyl adjacent to an activating group) is 1. The van der Waals surface area contributed by atoms with Crippen LogP contribution < -0.4 is 10.6 Å². The molecule has 1 aliphatic heterocycles. The van der Waals surface area contributed by atoms with Crippen molar-refractivity contribution in [1.82, 2.24) is 15.5 Å². The van der Waals surface area contributed by atoms with E-state index >= 15 is 0 Å². The van der Waals surface area contributed by atoms with Crippen molar-refractivity contribution in [1.29, 1.82) is 0 Å². The van der Waals surface area contributed by atoms with Gasteiger partial charge in [-0.05, 0) is 51.7 Å². The molecule has 0 aromatic rings. The Balaban J connectivity index is 2.40. The van der Waals surface area contributed by atoms with E-state index in [1.807, 2.05) is 0 Å². The average Bonchev–Trinajstić information content (AvgIpc) is 2.42. The number of carbonyl (C=O) groups excluding carboxylic acids is 1. The minimum absolute atomic E-state index is 0.00978. The van der Waals surface area contributed by atoms with E-state index in [0.717, 1.165) is 25.9 Å². The number of nitrogens with zero attached hydrogens (tertiary/aromatic N) is 1. The van der Waals surface area contributed by atoms with Gasteiger partial charge in [-0.3, -0.25) is 4.79 Å². The van der Waals surface area contributed by atoms with Crippen LogP contribution >= 0.6 is 0 Å². The number of hydrogen-bond acceptors (Lipinski definition) is 3. The van der Waals surface area contributed by atoms with E-state index < -0.39 is 0 Å². The highest BCUT2D eigenvalue weighted by molar-refractivity contribution is 5.81. The van der Waals surface area contributed by atoms with Gasteiger partial charge in [0.25, 0.3) is 0 Å². The third-order valence-corrected chi connectivity index (χ3v) is 4.39. The van der Waals surface area contributed by atoms with Crippen molar-refractivity contribution in [2.75, 3.05) is 27.2 Å². The van der Waals surface area contributed by atoms with Crippen molar-refractivity contribution in [2.45, 2.75) is 58.5 Å². The van der Waals surface area contributed by atoms with E-state index in [9.17, 15) is 4.79 Å². The first-order valence-corrected chi connectivity index (χ1v) is 8.11. The van der Waals surface area contributed by atoms with E-state index in [0.29, 0.717) is 17.9 Å². The lowest BCUT2D eigenvalue weighted by Gasteiger charge is -2.31. The second-order valence-corrected chi connectivity index (χ2v) is 6.80. The quantitative estimate of drug-likeness (QED) is 0.749. The molecule has 3 unspecified atom stereocenters. The highest BCUT2D eigenvalue weighted by atomic mass is 16.2. The third-order valence-electron chi connectivity index (χ3n) is 4.39. The summed E-state index contributed by atoms with van der Waals surface area (Å²) in [5, 5.41) is 6.49. The predicted octanol–water partition coefficient (Wildman–Crippen LogP) is 1.86. The van der Waals surface area contributed by atoms with Gasteiger partial charge < -0.3 is 15.5 Å². The van der Waals surface area contributed by atoms with E-state index in [1.54, 1.807) is 0 Å². The molecule has 0 aliphatic carbocycles. The number of amides is 1. The van der Waals surface area contributed by atoms with Crippen molar-refractivity contribution in [2.24, 2.45) is 11.8 Å². The van der Waals surface area contributed by atoms with Crippen LogP contribution in [0, 0.1) is 11.8 Å². The van der Waals surface area contributed by atoms with Crippen molar-refractivity contribution in [3.05, 3.63) is 0 Å². The molecule has 1 amide bonds. The highest BCUT2D eigenvalue weighted by Gasteiger charge is 2.26. The van der Waals surface area contributed by atoms with Gasteiger partial charge in [-0.15, -0.1) is 0 Å². The minimum Gasteiger partial charge on any atom is -0.353 e. The number of piperidine rings is 1. The smallest absolute Gasteiger partial charge is 0.237 e. The number of rotatable bonds is 7. The molecule has 1 rings (SSSR count). The fourth-order valence-corrected chi connectivity index (χ4v) is 2.93. The molecule has 0 radical (unpaired) electrons. The summed E-state index contributed by atoms with van der Waals surface area (Å²) in [7, 11) is 4.18. The minimum atomic E-state index is 0.00978. The van der Waals surface area contributed by atoms with Crippen LogP contribution in [0.2, 0.25) is 0 Å². The number of hydrogen-bond donors (Lipinski definition) is 2. The predicted molar refractivity (Wildman–Crippen MR) is 84.7 cm³/mol. The molecular weight excluding hydrogens is 250 g/mol. The fraction of sp³-hybridized carbons (Fsp3) is 0.938. The monoisotopic (exact) mass is 283 g/mol. The summed E-state index contributed by atoms with van der Waals surface area (Å²) < 4.78 is 0. The van der Waals surface area contributed by atoms with E-state index in [-0.39, 0.29) is 11.9 Å². The van der Waals surface area contributed by atoms with Crippen molar-refractivity contribution >= 4 is 5.91 Å².